The van der Waals surface area contributed by atoms with Crippen molar-refractivity contribution in [3.63, 3.8) is 0 Å². The maximum atomic E-state index is 10.6. The summed E-state index contributed by atoms with van der Waals surface area (Å²) in [6.45, 7) is 4.18. The number of hydrogen-bond acceptors (Lipinski definition) is 4. The Balaban J connectivity index is 2.08. The van der Waals surface area contributed by atoms with Crippen molar-refractivity contribution >= 4 is 23.0 Å². The predicted molar refractivity (Wildman–Crippen MR) is 65.5 cm³/mol. The van der Waals surface area contributed by atoms with E-state index in [0.29, 0.717) is 30.5 Å². The standard InChI is InChI=1S/C11H13ClN2O3/c1-11(6-17-7-11)5-13-10-4-8(14(15)16)2-3-9(10)12/h2-4,13H,5-7H2,1H3. The molecule has 0 radical (unpaired) electrons. The van der Waals surface area contributed by atoms with Crippen LogP contribution in [0.15, 0.2) is 18.2 Å². The van der Waals surface area contributed by atoms with Gasteiger partial charge in [0.15, 0.2) is 0 Å². The average Bonchev–Trinajstić information content (AvgIpc) is 2.25. The topological polar surface area (TPSA) is 64.4 Å². The molecule has 0 spiro atoms. The number of nitrogens with zero attached hydrogens (tertiary/aromatic N) is 1. The zero-order valence-electron chi connectivity index (χ0n) is 9.40. The van der Waals surface area contributed by atoms with Gasteiger partial charge in [0.1, 0.15) is 0 Å². The number of halogens is 1. The minimum atomic E-state index is -0.435. The average molecular weight is 257 g/mol. The summed E-state index contributed by atoms with van der Waals surface area (Å²) in [5.41, 5.74) is 0.717. The molecule has 1 heterocycles. The number of rotatable bonds is 4. The number of benzene rings is 1. The second-order valence-electron chi connectivity index (χ2n) is 4.58. The van der Waals surface area contributed by atoms with Crippen molar-refractivity contribution in [2.24, 2.45) is 5.41 Å². The Morgan fingerprint density at radius 2 is 2.29 bits per heavy atom. The molecule has 0 aliphatic carbocycles. The SMILES string of the molecule is CC1(CNc2cc([N+](=O)[O-])ccc2Cl)COC1. The quantitative estimate of drug-likeness (QED) is 0.664. The van der Waals surface area contributed by atoms with Crippen molar-refractivity contribution in [1.82, 2.24) is 0 Å². The normalized spacial score (nSPS) is 17.3. The molecule has 1 aliphatic rings. The molecule has 17 heavy (non-hydrogen) atoms. The first-order valence-corrected chi connectivity index (χ1v) is 5.64. The Bertz CT molecular complexity index is 446. The van der Waals surface area contributed by atoms with Gasteiger partial charge in [0.2, 0.25) is 0 Å². The number of anilines is 1. The monoisotopic (exact) mass is 256 g/mol. The third-order valence-corrected chi connectivity index (χ3v) is 3.10. The largest absolute Gasteiger partial charge is 0.383 e. The molecule has 6 heteroatoms. The second-order valence-corrected chi connectivity index (χ2v) is 4.99. The molecule has 1 aromatic carbocycles. The summed E-state index contributed by atoms with van der Waals surface area (Å²) in [5.74, 6) is 0. The maximum Gasteiger partial charge on any atom is 0.271 e. The molecule has 1 aliphatic heterocycles. The zero-order valence-corrected chi connectivity index (χ0v) is 10.2. The van der Waals surface area contributed by atoms with E-state index >= 15 is 0 Å². The highest BCUT2D eigenvalue weighted by molar-refractivity contribution is 6.33. The molecule has 5 nitrogen and oxygen atoms in total. The molecule has 0 unspecified atom stereocenters. The third kappa shape index (κ3) is 2.68. The summed E-state index contributed by atoms with van der Waals surface area (Å²) in [6, 6.07) is 4.37. The van der Waals surface area contributed by atoms with Crippen molar-refractivity contribution in [3.05, 3.63) is 33.3 Å². The van der Waals surface area contributed by atoms with Gasteiger partial charge < -0.3 is 10.1 Å². The minimum Gasteiger partial charge on any atom is -0.383 e. The van der Waals surface area contributed by atoms with Crippen molar-refractivity contribution in [2.75, 3.05) is 25.1 Å². The van der Waals surface area contributed by atoms with Gasteiger partial charge in [-0.15, -0.1) is 0 Å². The van der Waals surface area contributed by atoms with Gasteiger partial charge >= 0.3 is 0 Å². The Morgan fingerprint density at radius 3 is 2.82 bits per heavy atom. The number of nitrogens with one attached hydrogen (secondary N) is 1. The van der Waals surface area contributed by atoms with E-state index in [1.807, 2.05) is 0 Å². The fourth-order valence-electron chi connectivity index (χ4n) is 1.62. The molecule has 1 N–H and O–H groups in total. The molecule has 0 aromatic heterocycles. The van der Waals surface area contributed by atoms with E-state index in [1.165, 1.54) is 18.2 Å². The first-order valence-electron chi connectivity index (χ1n) is 5.26. The molecule has 1 aromatic rings. The van der Waals surface area contributed by atoms with Crippen LogP contribution in [0, 0.1) is 15.5 Å². The smallest absolute Gasteiger partial charge is 0.271 e. The molecule has 0 saturated carbocycles. The van der Waals surface area contributed by atoms with E-state index < -0.39 is 4.92 Å². The lowest BCUT2D eigenvalue weighted by Gasteiger charge is -2.38. The van der Waals surface area contributed by atoms with Crippen LogP contribution in [-0.2, 0) is 4.74 Å². The van der Waals surface area contributed by atoms with Gasteiger partial charge in [-0.05, 0) is 6.07 Å². The molecule has 1 fully saturated rings. The van der Waals surface area contributed by atoms with Crippen LogP contribution < -0.4 is 5.32 Å². The van der Waals surface area contributed by atoms with Crippen LogP contribution in [0.4, 0.5) is 11.4 Å². The highest BCUT2D eigenvalue weighted by atomic mass is 35.5. The van der Waals surface area contributed by atoms with Gasteiger partial charge in [-0.2, -0.15) is 0 Å². The molecule has 92 valence electrons. The minimum absolute atomic E-state index is 0.0342. The lowest BCUT2D eigenvalue weighted by atomic mass is 9.89. The van der Waals surface area contributed by atoms with Gasteiger partial charge in [-0.1, -0.05) is 18.5 Å². The summed E-state index contributed by atoms with van der Waals surface area (Å²) >= 11 is 5.97. The fraction of sp³-hybridized carbons (Fsp3) is 0.455. The molecule has 1 saturated heterocycles. The summed E-state index contributed by atoms with van der Waals surface area (Å²) < 4.78 is 5.14. The zero-order chi connectivity index (χ0) is 12.5. The summed E-state index contributed by atoms with van der Waals surface area (Å²) in [4.78, 5) is 10.2. The number of ether oxygens (including phenoxy) is 1. The first-order chi connectivity index (χ1) is 8.00. The Morgan fingerprint density at radius 1 is 1.59 bits per heavy atom. The number of hydrogen-bond donors (Lipinski definition) is 1. The molecular formula is C11H13ClN2O3. The molecular weight excluding hydrogens is 244 g/mol. The second kappa shape index (κ2) is 4.50. The first kappa shape index (κ1) is 12.1. The maximum absolute atomic E-state index is 10.6. The van der Waals surface area contributed by atoms with Crippen molar-refractivity contribution in [2.45, 2.75) is 6.92 Å². The van der Waals surface area contributed by atoms with E-state index in [4.69, 9.17) is 16.3 Å². The molecule has 2 rings (SSSR count). The molecule has 0 bridgehead atoms. The third-order valence-electron chi connectivity index (χ3n) is 2.77. The predicted octanol–water partition coefficient (Wildman–Crippen LogP) is 2.70. The number of non-ortho nitro benzene ring substituents is 1. The van der Waals surface area contributed by atoms with Crippen LogP contribution in [0.25, 0.3) is 0 Å². The lowest BCUT2D eigenvalue weighted by Crippen LogP contribution is -2.45. The van der Waals surface area contributed by atoms with Crippen molar-refractivity contribution in [3.8, 4) is 0 Å². The highest BCUT2D eigenvalue weighted by Gasteiger charge is 2.33. The summed E-state index contributed by atoms with van der Waals surface area (Å²) in [5, 5.41) is 14.3. The fourth-order valence-corrected chi connectivity index (χ4v) is 1.81. The highest BCUT2D eigenvalue weighted by Crippen LogP contribution is 2.30. The van der Waals surface area contributed by atoms with Gasteiger partial charge in [-0.25, -0.2) is 0 Å². The number of nitro groups is 1. The van der Waals surface area contributed by atoms with Gasteiger partial charge in [0, 0.05) is 24.1 Å². The van der Waals surface area contributed by atoms with Crippen LogP contribution in [0.3, 0.4) is 0 Å². The lowest BCUT2D eigenvalue weighted by molar-refractivity contribution is -0.384. The number of nitro benzene ring substituents is 1. The van der Waals surface area contributed by atoms with E-state index in [9.17, 15) is 10.1 Å². The van der Waals surface area contributed by atoms with Gasteiger partial charge in [-0.3, -0.25) is 10.1 Å². The Kier molecular flexibility index (Phi) is 3.22. The van der Waals surface area contributed by atoms with Crippen LogP contribution >= 0.6 is 11.6 Å². The van der Waals surface area contributed by atoms with Crippen LogP contribution in [-0.4, -0.2) is 24.7 Å². The van der Waals surface area contributed by atoms with Crippen LogP contribution in [0.2, 0.25) is 5.02 Å². The van der Waals surface area contributed by atoms with Crippen molar-refractivity contribution < 1.29 is 9.66 Å². The van der Waals surface area contributed by atoms with Crippen LogP contribution in [0.5, 0.6) is 0 Å². The Labute approximate surface area is 104 Å². The van der Waals surface area contributed by atoms with Crippen molar-refractivity contribution in [1.29, 1.82) is 0 Å². The Hall–Kier alpha value is -1.33. The van der Waals surface area contributed by atoms with E-state index in [-0.39, 0.29) is 11.1 Å². The molecule has 0 atom stereocenters. The summed E-state index contributed by atoms with van der Waals surface area (Å²) in [7, 11) is 0. The van der Waals surface area contributed by atoms with Crippen LogP contribution in [0.1, 0.15) is 6.92 Å². The molecule has 0 amide bonds. The summed E-state index contributed by atoms with van der Waals surface area (Å²) in [6.07, 6.45) is 0. The van der Waals surface area contributed by atoms with E-state index in [0.717, 1.165) is 0 Å². The van der Waals surface area contributed by atoms with Gasteiger partial charge in [0.05, 0.1) is 28.8 Å². The van der Waals surface area contributed by atoms with E-state index in [1.54, 1.807) is 0 Å². The van der Waals surface area contributed by atoms with E-state index in [2.05, 4.69) is 12.2 Å². The van der Waals surface area contributed by atoms with Gasteiger partial charge in [0.25, 0.3) is 5.69 Å².